The van der Waals surface area contributed by atoms with E-state index in [1.165, 1.54) is 30.3 Å². The van der Waals surface area contributed by atoms with Crippen molar-refractivity contribution in [1.82, 2.24) is 4.98 Å². The number of carbonyl (C=O) groups excluding carboxylic acids is 3. The number of hydrogen-bond donors (Lipinski definition) is 1. The van der Waals surface area contributed by atoms with E-state index in [2.05, 4.69) is 11.6 Å². The molecule has 1 N–H and O–H groups in total. The van der Waals surface area contributed by atoms with Gasteiger partial charge in [0.15, 0.2) is 5.13 Å². The van der Waals surface area contributed by atoms with Crippen LogP contribution in [0.15, 0.2) is 91.0 Å². The fourth-order valence-corrected chi connectivity index (χ4v) is 5.87. The zero-order chi connectivity index (χ0) is 32.2. The van der Waals surface area contributed by atoms with Crippen molar-refractivity contribution in [2.75, 3.05) is 11.5 Å². The van der Waals surface area contributed by atoms with Crippen LogP contribution in [-0.2, 0) is 20.9 Å². The van der Waals surface area contributed by atoms with Gasteiger partial charge in [-0.2, -0.15) is 0 Å². The van der Waals surface area contributed by atoms with E-state index in [0.717, 1.165) is 21.8 Å². The van der Waals surface area contributed by atoms with Crippen LogP contribution in [0.3, 0.4) is 0 Å². The van der Waals surface area contributed by atoms with E-state index in [-0.39, 0.29) is 44.7 Å². The largest absolute Gasteiger partial charge is 0.507 e. The number of esters is 1. The van der Waals surface area contributed by atoms with E-state index in [1.807, 2.05) is 30.3 Å². The summed E-state index contributed by atoms with van der Waals surface area (Å²) in [5.74, 6) is -2.66. The van der Waals surface area contributed by atoms with Crippen LogP contribution in [0, 0.1) is 24.0 Å². The van der Waals surface area contributed by atoms with Crippen molar-refractivity contribution in [1.29, 1.82) is 0 Å². The molecule has 0 bridgehead atoms. The van der Waals surface area contributed by atoms with E-state index in [0.29, 0.717) is 17.9 Å². The summed E-state index contributed by atoms with van der Waals surface area (Å²) in [7, 11) is 0. The molecule has 0 radical (unpaired) electrons. The number of aliphatic hydroxyl groups excluding tert-OH is 1. The molecule has 5 rings (SSSR count). The second kappa shape index (κ2) is 12.9. The van der Waals surface area contributed by atoms with Crippen molar-refractivity contribution >= 4 is 45.6 Å². The van der Waals surface area contributed by atoms with Crippen LogP contribution in [0.1, 0.15) is 43.7 Å². The highest BCUT2D eigenvalue weighted by Gasteiger charge is 2.48. The van der Waals surface area contributed by atoms with Gasteiger partial charge in [0.1, 0.15) is 29.6 Å². The van der Waals surface area contributed by atoms with Crippen molar-refractivity contribution in [2.45, 2.75) is 26.5 Å². The molecule has 1 atom stereocenters. The molecule has 45 heavy (non-hydrogen) atoms. The third kappa shape index (κ3) is 6.22. The first-order chi connectivity index (χ1) is 21.6. The number of carbonyl (C=O) groups is 3. The normalized spacial score (nSPS) is 15.6. The number of amides is 1. The Morgan fingerprint density at radius 1 is 1.11 bits per heavy atom. The number of aryl methyl sites for hydroxylation is 2. The fraction of sp³-hybridized carbons (Fsp3) is 0.152. The maximum absolute atomic E-state index is 13.6. The molecule has 1 fully saturated rings. The molecule has 1 aliphatic rings. The summed E-state index contributed by atoms with van der Waals surface area (Å²) in [5.41, 5.74) is 1.74. The van der Waals surface area contributed by atoms with Crippen LogP contribution in [0.2, 0.25) is 0 Å². The molecule has 1 amide bonds. The number of hydrogen-bond acceptors (Lipinski definition) is 10. The van der Waals surface area contributed by atoms with Gasteiger partial charge in [0.2, 0.25) is 0 Å². The zero-order valence-corrected chi connectivity index (χ0v) is 25.1. The second-order valence-electron chi connectivity index (χ2n) is 10.1. The summed E-state index contributed by atoms with van der Waals surface area (Å²) in [4.78, 5) is 56.3. The summed E-state index contributed by atoms with van der Waals surface area (Å²) >= 11 is 0.826. The number of thiazole rings is 1. The number of nitro benzene ring substituents is 1. The summed E-state index contributed by atoms with van der Waals surface area (Å²) in [6, 6.07) is 18.5. The molecule has 0 aliphatic carbocycles. The number of aliphatic hydroxyl groups is 1. The van der Waals surface area contributed by atoms with E-state index >= 15 is 0 Å². The van der Waals surface area contributed by atoms with Gasteiger partial charge < -0.3 is 14.6 Å². The lowest BCUT2D eigenvalue weighted by Gasteiger charge is -2.23. The van der Waals surface area contributed by atoms with Gasteiger partial charge in [-0.3, -0.25) is 24.6 Å². The predicted octanol–water partition coefficient (Wildman–Crippen LogP) is 6.22. The highest BCUT2D eigenvalue weighted by atomic mass is 32.1. The summed E-state index contributed by atoms with van der Waals surface area (Å²) in [6.45, 7) is 7.12. The SMILES string of the molecule is C=CCOC(=O)c1sc(N2C(=O)C(=O)C(=C(O)c3ccc(OCc4ccccc4)c(C)c3)[C@@H]2c2cccc([N+](=O)[O-])c2)nc1C. The maximum Gasteiger partial charge on any atom is 0.350 e. The monoisotopic (exact) mass is 625 g/mol. The third-order valence-corrected chi connectivity index (χ3v) is 8.17. The van der Waals surface area contributed by atoms with Crippen molar-refractivity contribution in [3.05, 3.63) is 134 Å². The fourth-order valence-electron chi connectivity index (χ4n) is 4.88. The smallest absolute Gasteiger partial charge is 0.350 e. The Morgan fingerprint density at radius 2 is 1.87 bits per heavy atom. The van der Waals surface area contributed by atoms with Crippen LogP contribution in [0.25, 0.3) is 5.76 Å². The number of nitro groups is 1. The number of Topliss-reactive ketones (excluding diaryl/α,β-unsaturated/α-hetero) is 1. The minimum absolute atomic E-state index is 0.0171. The van der Waals surface area contributed by atoms with Gasteiger partial charge in [-0.25, -0.2) is 9.78 Å². The summed E-state index contributed by atoms with van der Waals surface area (Å²) in [5, 5.41) is 23.2. The number of ether oxygens (including phenoxy) is 2. The van der Waals surface area contributed by atoms with Gasteiger partial charge in [0, 0.05) is 17.7 Å². The highest BCUT2D eigenvalue weighted by molar-refractivity contribution is 7.17. The van der Waals surface area contributed by atoms with Crippen molar-refractivity contribution in [2.24, 2.45) is 0 Å². The molecular formula is C33H27N3O8S. The second-order valence-corrected chi connectivity index (χ2v) is 11.1. The number of nitrogens with zero attached hydrogens (tertiary/aromatic N) is 3. The molecule has 12 heteroatoms. The molecule has 4 aromatic rings. The Kier molecular flexibility index (Phi) is 8.86. The summed E-state index contributed by atoms with van der Waals surface area (Å²) in [6.07, 6.45) is 1.40. The Balaban J connectivity index is 1.59. The van der Waals surface area contributed by atoms with Gasteiger partial charge in [-0.1, -0.05) is 66.5 Å². The van der Waals surface area contributed by atoms with Crippen molar-refractivity contribution < 1.29 is 33.9 Å². The van der Waals surface area contributed by atoms with Gasteiger partial charge in [0.05, 0.1) is 22.2 Å². The molecule has 228 valence electrons. The Bertz CT molecular complexity index is 1860. The van der Waals surface area contributed by atoms with Crippen LogP contribution in [0.4, 0.5) is 10.8 Å². The quantitative estimate of drug-likeness (QED) is 0.0412. The van der Waals surface area contributed by atoms with Crippen LogP contribution in [0.5, 0.6) is 5.75 Å². The van der Waals surface area contributed by atoms with E-state index in [4.69, 9.17) is 9.47 Å². The van der Waals surface area contributed by atoms with E-state index in [1.54, 1.807) is 32.0 Å². The lowest BCUT2D eigenvalue weighted by Crippen LogP contribution is -2.29. The average molecular weight is 626 g/mol. The van der Waals surface area contributed by atoms with Crippen LogP contribution in [-0.4, -0.2) is 39.3 Å². The van der Waals surface area contributed by atoms with Crippen molar-refractivity contribution in [3.63, 3.8) is 0 Å². The van der Waals surface area contributed by atoms with Gasteiger partial charge >= 0.3 is 11.9 Å². The predicted molar refractivity (Wildman–Crippen MR) is 167 cm³/mol. The molecular weight excluding hydrogens is 598 g/mol. The molecule has 11 nitrogen and oxygen atoms in total. The first-order valence-corrected chi connectivity index (χ1v) is 14.5. The minimum atomic E-state index is -1.29. The topological polar surface area (TPSA) is 149 Å². The Labute approximate surface area is 261 Å². The number of aromatic nitrogens is 1. The first kappa shape index (κ1) is 30.8. The molecule has 1 aliphatic heterocycles. The molecule has 0 spiro atoms. The van der Waals surface area contributed by atoms with Gasteiger partial charge in [-0.05, 0) is 48.7 Å². The number of ketones is 1. The zero-order valence-electron chi connectivity index (χ0n) is 24.3. The van der Waals surface area contributed by atoms with E-state index < -0.39 is 34.4 Å². The van der Waals surface area contributed by atoms with Crippen molar-refractivity contribution in [3.8, 4) is 5.75 Å². The van der Waals surface area contributed by atoms with Gasteiger partial charge in [0.25, 0.3) is 11.5 Å². The number of non-ortho nitro benzene ring substituents is 1. The number of anilines is 1. The van der Waals surface area contributed by atoms with Gasteiger partial charge in [-0.15, -0.1) is 0 Å². The maximum atomic E-state index is 13.6. The van der Waals surface area contributed by atoms with Crippen LogP contribution < -0.4 is 9.64 Å². The average Bonchev–Trinajstić information content (AvgIpc) is 3.55. The lowest BCUT2D eigenvalue weighted by atomic mass is 9.94. The molecule has 0 unspecified atom stereocenters. The highest BCUT2D eigenvalue weighted by Crippen LogP contribution is 2.44. The molecule has 1 aromatic heterocycles. The molecule has 2 heterocycles. The first-order valence-electron chi connectivity index (χ1n) is 13.7. The number of rotatable bonds is 10. The Hall–Kier alpha value is -5.62. The third-order valence-electron chi connectivity index (χ3n) is 7.04. The molecule has 0 saturated carbocycles. The van der Waals surface area contributed by atoms with E-state index in [9.17, 15) is 29.6 Å². The van der Waals surface area contributed by atoms with Crippen LogP contribution >= 0.6 is 11.3 Å². The lowest BCUT2D eigenvalue weighted by molar-refractivity contribution is -0.384. The Morgan fingerprint density at radius 3 is 2.56 bits per heavy atom. The summed E-state index contributed by atoms with van der Waals surface area (Å²) < 4.78 is 11.1. The standard InChI is InChI=1S/C33H27N3O8S/c1-4-15-43-32(40)30-20(3)34-33(45-30)35-27(22-11-8-12-24(17-22)36(41)42)26(29(38)31(35)39)28(37)23-13-14-25(19(2)16-23)44-18-21-9-6-5-7-10-21/h4-14,16-17,27,37H,1,15,18H2,2-3H3/t27-/m0/s1. The molecule has 1 saturated heterocycles. The number of benzene rings is 3. The minimum Gasteiger partial charge on any atom is -0.507 e. The molecule has 3 aromatic carbocycles.